The quantitative estimate of drug-likeness (QED) is 0.341. The molecule has 1 aliphatic heterocycles. The molecule has 0 aliphatic carbocycles. The van der Waals surface area contributed by atoms with Crippen LogP contribution in [0.3, 0.4) is 0 Å². The molecule has 0 amide bonds. The molecule has 2 heterocycles. The van der Waals surface area contributed by atoms with Crippen LogP contribution in [0.2, 0.25) is 0 Å². The lowest BCUT2D eigenvalue weighted by Crippen LogP contribution is -2.43. The molecule has 5 nitrogen and oxygen atoms in total. The van der Waals surface area contributed by atoms with Gasteiger partial charge in [-0.1, -0.05) is 60.2 Å². The van der Waals surface area contributed by atoms with Crippen LogP contribution in [0.5, 0.6) is 0 Å². The van der Waals surface area contributed by atoms with Crippen molar-refractivity contribution in [3.05, 3.63) is 113 Å². The molecular formula is C31H31N3O2. The van der Waals surface area contributed by atoms with Crippen molar-refractivity contribution >= 4 is 17.7 Å². The van der Waals surface area contributed by atoms with E-state index in [2.05, 4.69) is 85.5 Å². The fraction of sp³-hybridized carbons (Fsp3) is 0.226. The van der Waals surface area contributed by atoms with Crippen LogP contribution in [0.1, 0.15) is 46.3 Å². The molecule has 0 bridgehead atoms. The monoisotopic (exact) mass is 477 g/mol. The van der Waals surface area contributed by atoms with Gasteiger partial charge >= 0.3 is 5.97 Å². The molecule has 0 spiro atoms. The second kappa shape index (κ2) is 9.50. The number of hydrogen-bond donors (Lipinski definition) is 1. The number of hydrogen-bond acceptors (Lipinski definition) is 3. The van der Waals surface area contributed by atoms with Crippen molar-refractivity contribution in [2.24, 2.45) is 7.05 Å². The van der Waals surface area contributed by atoms with Crippen LogP contribution in [0, 0.1) is 13.8 Å². The van der Waals surface area contributed by atoms with Crippen LogP contribution in [0.25, 0.3) is 17.2 Å². The van der Waals surface area contributed by atoms with Crippen LogP contribution in [-0.2, 0) is 18.3 Å². The first kappa shape index (κ1) is 23.6. The average Bonchev–Trinajstić information content (AvgIpc) is 3.29. The van der Waals surface area contributed by atoms with Crippen molar-refractivity contribution in [1.29, 1.82) is 0 Å². The minimum Gasteiger partial charge on any atom is -0.478 e. The first-order valence-electron chi connectivity index (χ1n) is 12.3. The van der Waals surface area contributed by atoms with E-state index >= 15 is 0 Å². The largest absolute Gasteiger partial charge is 0.478 e. The Bertz CT molecular complexity index is 1450. The van der Waals surface area contributed by atoms with Gasteiger partial charge in [-0.05, 0) is 72.7 Å². The van der Waals surface area contributed by atoms with Gasteiger partial charge in [0.25, 0.3) is 0 Å². The number of carboxylic acids is 1. The van der Waals surface area contributed by atoms with Gasteiger partial charge in [0, 0.05) is 36.6 Å². The Balaban J connectivity index is 1.63. The molecule has 0 saturated heterocycles. The fourth-order valence-electron chi connectivity index (χ4n) is 5.39. The zero-order chi connectivity index (χ0) is 25.4. The maximum atomic E-state index is 10.9. The summed E-state index contributed by atoms with van der Waals surface area (Å²) < 4.78 is 1.84. The van der Waals surface area contributed by atoms with Gasteiger partial charge in [-0.3, -0.25) is 4.68 Å². The maximum Gasteiger partial charge on any atom is 0.328 e. The summed E-state index contributed by atoms with van der Waals surface area (Å²) in [6, 6.07) is 22.0. The minimum atomic E-state index is -0.945. The third kappa shape index (κ3) is 4.57. The number of aromatic nitrogens is 2. The lowest BCUT2D eigenvalue weighted by atomic mass is 9.83. The fourth-order valence-corrected chi connectivity index (χ4v) is 5.39. The van der Waals surface area contributed by atoms with Gasteiger partial charge < -0.3 is 10.0 Å². The molecule has 4 aromatic rings. The van der Waals surface area contributed by atoms with E-state index in [0.29, 0.717) is 6.04 Å². The molecule has 0 fully saturated rings. The van der Waals surface area contributed by atoms with E-state index in [1.165, 1.54) is 45.1 Å². The molecule has 5 rings (SSSR count). The molecule has 3 aromatic carbocycles. The van der Waals surface area contributed by atoms with Gasteiger partial charge in [-0.15, -0.1) is 0 Å². The van der Waals surface area contributed by atoms with Gasteiger partial charge in [-0.25, -0.2) is 4.79 Å². The smallest absolute Gasteiger partial charge is 0.328 e. The molecule has 0 unspecified atom stereocenters. The van der Waals surface area contributed by atoms with Crippen molar-refractivity contribution in [2.45, 2.75) is 39.3 Å². The Kier molecular flexibility index (Phi) is 6.23. The highest BCUT2D eigenvalue weighted by molar-refractivity contribution is 5.85. The number of carboxylic acid groups (broad SMARTS) is 1. The molecule has 182 valence electrons. The molecule has 0 radical (unpaired) electrons. The highest BCUT2D eigenvalue weighted by Crippen LogP contribution is 2.43. The topological polar surface area (TPSA) is 58.4 Å². The van der Waals surface area contributed by atoms with Crippen LogP contribution >= 0.6 is 0 Å². The summed E-state index contributed by atoms with van der Waals surface area (Å²) in [4.78, 5) is 13.5. The number of aliphatic carboxylic acids is 1. The summed E-state index contributed by atoms with van der Waals surface area (Å²) in [6.07, 6.45) is 7.72. The number of anilines is 1. The van der Waals surface area contributed by atoms with Gasteiger partial charge in [0.2, 0.25) is 0 Å². The van der Waals surface area contributed by atoms with Gasteiger partial charge in [0.15, 0.2) is 0 Å². The molecule has 1 aromatic heterocycles. The standard InChI is InChI=1S/C31H31N3O2/c1-20-5-13-29(21(2)15-20)34-22(3)16-26-17-25(27-18-32-33(4)19-27)11-12-28(26)31(34)24-9-6-23(7-10-24)8-14-30(35)36/h5-15,17-19,22,31H,16H2,1-4H3,(H,35,36)/b14-8+/t22-,31-/m1/s1. The third-order valence-corrected chi connectivity index (χ3v) is 7.05. The Morgan fingerprint density at radius 1 is 1.03 bits per heavy atom. The minimum absolute atomic E-state index is 0.0469. The Labute approximate surface area is 212 Å². The lowest BCUT2D eigenvalue weighted by molar-refractivity contribution is -0.131. The summed E-state index contributed by atoms with van der Waals surface area (Å²) in [7, 11) is 1.94. The molecule has 5 heteroatoms. The van der Waals surface area contributed by atoms with E-state index in [4.69, 9.17) is 5.11 Å². The van der Waals surface area contributed by atoms with Crippen LogP contribution < -0.4 is 4.90 Å². The molecular weight excluding hydrogens is 446 g/mol. The Hall–Kier alpha value is -4.12. The molecule has 36 heavy (non-hydrogen) atoms. The number of nitrogens with zero attached hydrogens (tertiary/aromatic N) is 3. The van der Waals surface area contributed by atoms with Gasteiger partial charge in [0.1, 0.15) is 0 Å². The molecule has 0 saturated carbocycles. The van der Waals surface area contributed by atoms with Crippen LogP contribution in [0.15, 0.2) is 79.1 Å². The summed E-state index contributed by atoms with van der Waals surface area (Å²) in [5.74, 6) is -0.945. The van der Waals surface area contributed by atoms with E-state index in [0.717, 1.165) is 17.5 Å². The van der Waals surface area contributed by atoms with E-state index in [9.17, 15) is 4.79 Å². The van der Waals surface area contributed by atoms with Crippen molar-refractivity contribution in [2.75, 3.05) is 4.90 Å². The Morgan fingerprint density at radius 3 is 2.47 bits per heavy atom. The maximum absolute atomic E-state index is 10.9. The number of benzene rings is 3. The third-order valence-electron chi connectivity index (χ3n) is 7.05. The van der Waals surface area contributed by atoms with E-state index in [1.54, 1.807) is 6.08 Å². The predicted octanol–water partition coefficient (Wildman–Crippen LogP) is 6.34. The van der Waals surface area contributed by atoms with Gasteiger partial charge in [-0.2, -0.15) is 5.10 Å². The van der Waals surface area contributed by atoms with Gasteiger partial charge in [0.05, 0.1) is 12.2 Å². The molecule has 1 aliphatic rings. The second-order valence-electron chi connectivity index (χ2n) is 9.81. The summed E-state index contributed by atoms with van der Waals surface area (Å²) in [5, 5.41) is 13.3. The summed E-state index contributed by atoms with van der Waals surface area (Å²) in [6.45, 7) is 6.62. The second-order valence-corrected chi connectivity index (χ2v) is 9.81. The Morgan fingerprint density at radius 2 is 1.81 bits per heavy atom. The number of fused-ring (bicyclic) bond motifs is 1. The first-order chi connectivity index (χ1) is 17.3. The lowest BCUT2D eigenvalue weighted by Gasteiger charge is -2.45. The van der Waals surface area contributed by atoms with E-state index in [1.807, 2.05) is 30.1 Å². The average molecular weight is 478 g/mol. The molecule has 2 atom stereocenters. The summed E-state index contributed by atoms with van der Waals surface area (Å²) >= 11 is 0. The van der Waals surface area contributed by atoms with Crippen LogP contribution in [0.4, 0.5) is 5.69 Å². The van der Waals surface area contributed by atoms with Crippen molar-refractivity contribution in [1.82, 2.24) is 9.78 Å². The van der Waals surface area contributed by atoms with E-state index < -0.39 is 5.97 Å². The zero-order valence-electron chi connectivity index (χ0n) is 21.1. The normalized spacial score (nSPS) is 17.4. The van der Waals surface area contributed by atoms with Crippen molar-refractivity contribution in [3.8, 4) is 11.1 Å². The number of carbonyl (C=O) groups is 1. The highest BCUT2D eigenvalue weighted by Gasteiger charge is 2.34. The number of rotatable bonds is 5. The van der Waals surface area contributed by atoms with Crippen molar-refractivity contribution < 1.29 is 9.90 Å². The highest BCUT2D eigenvalue weighted by atomic mass is 16.4. The van der Waals surface area contributed by atoms with E-state index in [-0.39, 0.29) is 6.04 Å². The number of aryl methyl sites for hydroxylation is 3. The van der Waals surface area contributed by atoms with Crippen molar-refractivity contribution in [3.63, 3.8) is 0 Å². The SMILES string of the molecule is Cc1ccc(N2[C@H](c3ccc(/C=C/C(=O)O)cc3)c3ccc(-c4cnn(C)c4)cc3C[C@H]2C)c(C)c1. The predicted molar refractivity (Wildman–Crippen MR) is 145 cm³/mol. The first-order valence-corrected chi connectivity index (χ1v) is 12.3. The molecule has 1 N–H and O–H groups in total. The van der Waals surface area contributed by atoms with Crippen LogP contribution in [-0.4, -0.2) is 26.9 Å². The summed E-state index contributed by atoms with van der Waals surface area (Å²) in [5.41, 5.74) is 10.8. The zero-order valence-corrected chi connectivity index (χ0v) is 21.1.